The topological polar surface area (TPSA) is 56.4 Å². The standard InChI is InChI=1S/C13H16N2O3/c1-17-10-2-3-12-11(8-10)15(13(16)18-12)9-4-6-14-7-5-9/h2-3,8-9,14H,4-7H2,1H3. The molecule has 1 N–H and O–H groups in total. The van der Waals surface area contributed by atoms with E-state index in [1.54, 1.807) is 23.8 Å². The maximum Gasteiger partial charge on any atom is 0.420 e. The Morgan fingerprint density at radius 1 is 1.39 bits per heavy atom. The molecule has 0 bridgehead atoms. The maximum absolute atomic E-state index is 12.0. The smallest absolute Gasteiger partial charge is 0.420 e. The Morgan fingerprint density at radius 2 is 2.17 bits per heavy atom. The van der Waals surface area contributed by atoms with Crippen molar-refractivity contribution < 1.29 is 9.15 Å². The molecule has 1 aromatic heterocycles. The number of hydrogen-bond donors (Lipinski definition) is 1. The molecule has 96 valence electrons. The highest BCUT2D eigenvalue weighted by Gasteiger charge is 2.21. The highest BCUT2D eigenvalue weighted by molar-refractivity contribution is 5.75. The van der Waals surface area contributed by atoms with Crippen LogP contribution >= 0.6 is 0 Å². The van der Waals surface area contributed by atoms with Gasteiger partial charge < -0.3 is 14.5 Å². The summed E-state index contributed by atoms with van der Waals surface area (Å²) in [6.45, 7) is 1.88. The average molecular weight is 248 g/mol. The summed E-state index contributed by atoms with van der Waals surface area (Å²) in [6, 6.07) is 5.67. The Bertz CT molecular complexity index is 608. The number of ether oxygens (including phenoxy) is 1. The van der Waals surface area contributed by atoms with Gasteiger partial charge in [0.15, 0.2) is 5.58 Å². The lowest BCUT2D eigenvalue weighted by atomic mass is 10.1. The molecule has 1 aliphatic heterocycles. The largest absolute Gasteiger partial charge is 0.497 e. The molecule has 0 spiro atoms. The molecule has 1 aromatic carbocycles. The second-order valence-electron chi connectivity index (χ2n) is 4.55. The number of rotatable bonds is 2. The SMILES string of the molecule is COc1ccc2oc(=O)n(C3CCNCC3)c2c1. The third kappa shape index (κ3) is 1.80. The molecule has 0 aliphatic carbocycles. The van der Waals surface area contributed by atoms with Crippen molar-refractivity contribution in [1.29, 1.82) is 0 Å². The number of fused-ring (bicyclic) bond motifs is 1. The summed E-state index contributed by atoms with van der Waals surface area (Å²) in [7, 11) is 1.62. The Kier molecular flexibility index (Phi) is 2.83. The van der Waals surface area contributed by atoms with E-state index < -0.39 is 0 Å². The quantitative estimate of drug-likeness (QED) is 0.875. The Labute approximate surface area is 104 Å². The molecular formula is C13H16N2O3. The van der Waals surface area contributed by atoms with E-state index in [0.717, 1.165) is 37.2 Å². The first kappa shape index (κ1) is 11.3. The number of nitrogens with zero attached hydrogens (tertiary/aromatic N) is 1. The Balaban J connectivity index is 2.13. The lowest BCUT2D eigenvalue weighted by Gasteiger charge is -2.23. The molecular weight excluding hydrogens is 232 g/mol. The summed E-state index contributed by atoms with van der Waals surface area (Å²) in [5, 5.41) is 3.30. The molecule has 5 nitrogen and oxygen atoms in total. The van der Waals surface area contributed by atoms with Gasteiger partial charge in [0.2, 0.25) is 0 Å². The van der Waals surface area contributed by atoms with E-state index >= 15 is 0 Å². The van der Waals surface area contributed by atoms with Crippen LogP contribution < -0.4 is 15.8 Å². The molecule has 0 saturated carbocycles. The summed E-state index contributed by atoms with van der Waals surface area (Å²) in [6.07, 6.45) is 1.90. The molecule has 3 rings (SSSR count). The van der Waals surface area contributed by atoms with E-state index in [4.69, 9.17) is 9.15 Å². The number of aromatic nitrogens is 1. The third-order valence-electron chi connectivity index (χ3n) is 3.49. The van der Waals surface area contributed by atoms with Gasteiger partial charge in [-0.3, -0.25) is 4.57 Å². The van der Waals surface area contributed by atoms with E-state index in [9.17, 15) is 4.79 Å². The molecule has 1 fully saturated rings. The summed E-state index contributed by atoms with van der Waals surface area (Å²) in [4.78, 5) is 12.0. The molecule has 0 atom stereocenters. The van der Waals surface area contributed by atoms with Crippen LogP contribution in [0.3, 0.4) is 0 Å². The van der Waals surface area contributed by atoms with Crippen LogP contribution in [-0.4, -0.2) is 24.8 Å². The van der Waals surface area contributed by atoms with Crippen molar-refractivity contribution in [1.82, 2.24) is 9.88 Å². The van der Waals surface area contributed by atoms with Gasteiger partial charge in [0, 0.05) is 12.1 Å². The minimum atomic E-state index is -0.273. The second kappa shape index (κ2) is 4.49. The molecule has 0 amide bonds. The van der Waals surface area contributed by atoms with Crippen molar-refractivity contribution in [3.8, 4) is 5.75 Å². The molecule has 0 unspecified atom stereocenters. The van der Waals surface area contributed by atoms with Gasteiger partial charge in [0.1, 0.15) is 5.75 Å². The zero-order valence-corrected chi connectivity index (χ0v) is 10.3. The molecule has 1 aliphatic rings. The highest BCUT2D eigenvalue weighted by atomic mass is 16.5. The van der Waals surface area contributed by atoms with Gasteiger partial charge >= 0.3 is 5.76 Å². The van der Waals surface area contributed by atoms with Gasteiger partial charge in [-0.2, -0.15) is 0 Å². The molecule has 2 aromatic rings. The highest BCUT2D eigenvalue weighted by Crippen LogP contribution is 2.25. The van der Waals surface area contributed by atoms with Gasteiger partial charge in [0.05, 0.1) is 12.6 Å². The van der Waals surface area contributed by atoms with Crippen molar-refractivity contribution in [3.63, 3.8) is 0 Å². The Morgan fingerprint density at radius 3 is 2.89 bits per heavy atom. The Hall–Kier alpha value is -1.75. The summed E-state index contributed by atoms with van der Waals surface area (Å²) in [5.41, 5.74) is 1.45. The van der Waals surface area contributed by atoms with Crippen LogP contribution in [-0.2, 0) is 0 Å². The average Bonchev–Trinajstić information content (AvgIpc) is 2.74. The van der Waals surface area contributed by atoms with E-state index in [2.05, 4.69) is 5.32 Å². The number of benzene rings is 1. The summed E-state index contributed by atoms with van der Waals surface area (Å²) < 4.78 is 12.3. The van der Waals surface area contributed by atoms with Crippen LogP contribution in [0.4, 0.5) is 0 Å². The fourth-order valence-corrected chi connectivity index (χ4v) is 2.55. The van der Waals surface area contributed by atoms with Gasteiger partial charge in [-0.15, -0.1) is 0 Å². The number of methoxy groups -OCH3 is 1. The summed E-state index contributed by atoms with van der Waals surface area (Å²) in [5.74, 6) is 0.469. The van der Waals surface area contributed by atoms with Crippen molar-refractivity contribution >= 4 is 11.1 Å². The fourth-order valence-electron chi connectivity index (χ4n) is 2.55. The predicted molar refractivity (Wildman–Crippen MR) is 68.2 cm³/mol. The monoisotopic (exact) mass is 248 g/mol. The third-order valence-corrected chi connectivity index (χ3v) is 3.49. The lowest BCUT2D eigenvalue weighted by Crippen LogP contribution is -2.32. The van der Waals surface area contributed by atoms with E-state index in [0.29, 0.717) is 5.58 Å². The molecule has 18 heavy (non-hydrogen) atoms. The zero-order valence-electron chi connectivity index (χ0n) is 10.3. The number of piperidine rings is 1. The first-order valence-electron chi connectivity index (χ1n) is 6.19. The number of hydrogen-bond acceptors (Lipinski definition) is 4. The van der Waals surface area contributed by atoms with Crippen molar-refractivity contribution in [3.05, 3.63) is 28.7 Å². The van der Waals surface area contributed by atoms with Crippen molar-refractivity contribution in [2.24, 2.45) is 0 Å². The molecule has 1 saturated heterocycles. The van der Waals surface area contributed by atoms with Gasteiger partial charge in [-0.25, -0.2) is 4.79 Å². The van der Waals surface area contributed by atoms with Crippen LogP contribution in [0.25, 0.3) is 11.1 Å². The lowest BCUT2D eigenvalue weighted by molar-refractivity contribution is 0.349. The van der Waals surface area contributed by atoms with Gasteiger partial charge in [-0.05, 0) is 38.1 Å². The molecule has 5 heteroatoms. The molecule has 0 radical (unpaired) electrons. The summed E-state index contributed by atoms with van der Waals surface area (Å²) >= 11 is 0. The van der Waals surface area contributed by atoms with Gasteiger partial charge in [0.25, 0.3) is 0 Å². The minimum Gasteiger partial charge on any atom is -0.497 e. The van der Waals surface area contributed by atoms with Crippen LogP contribution in [0.1, 0.15) is 18.9 Å². The second-order valence-corrected chi connectivity index (χ2v) is 4.55. The van der Waals surface area contributed by atoms with E-state index in [1.165, 1.54) is 0 Å². The molecule has 2 heterocycles. The van der Waals surface area contributed by atoms with E-state index in [-0.39, 0.29) is 11.8 Å². The van der Waals surface area contributed by atoms with Crippen LogP contribution in [0, 0.1) is 0 Å². The number of nitrogens with one attached hydrogen (secondary N) is 1. The number of oxazole rings is 1. The fraction of sp³-hybridized carbons (Fsp3) is 0.462. The first-order valence-corrected chi connectivity index (χ1v) is 6.19. The predicted octanol–water partition coefficient (Wildman–Crippen LogP) is 1.53. The normalized spacial score (nSPS) is 17.2. The minimum absolute atomic E-state index is 0.215. The van der Waals surface area contributed by atoms with Crippen molar-refractivity contribution in [2.45, 2.75) is 18.9 Å². The van der Waals surface area contributed by atoms with Crippen LogP contribution in [0.5, 0.6) is 5.75 Å². The van der Waals surface area contributed by atoms with Crippen molar-refractivity contribution in [2.75, 3.05) is 20.2 Å². The maximum atomic E-state index is 12.0. The first-order chi connectivity index (χ1) is 8.79. The zero-order chi connectivity index (χ0) is 12.5. The van der Waals surface area contributed by atoms with Crippen LogP contribution in [0.15, 0.2) is 27.4 Å². The van der Waals surface area contributed by atoms with E-state index in [1.807, 2.05) is 6.07 Å². The van der Waals surface area contributed by atoms with Crippen LogP contribution in [0.2, 0.25) is 0 Å². The van der Waals surface area contributed by atoms with Gasteiger partial charge in [-0.1, -0.05) is 0 Å².